The summed E-state index contributed by atoms with van der Waals surface area (Å²) in [5.41, 5.74) is -1.16. The van der Waals surface area contributed by atoms with E-state index in [2.05, 4.69) is 0 Å². The number of hydrogen-bond donors (Lipinski definition) is 1. The second kappa shape index (κ2) is 2.16. The molecule has 0 saturated heterocycles. The van der Waals surface area contributed by atoms with Gasteiger partial charge < -0.3 is 9.84 Å². The Kier molecular flexibility index (Phi) is 1.34. The zero-order chi connectivity index (χ0) is 10.0. The molecule has 0 radical (unpaired) electrons. The number of fused-ring (bicyclic) bond motifs is 1. The Morgan fingerprint density at radius 3 is 2.14 bits per heavy atom. The third-order valence-electron chi connectivity index (χ3n) is 4.47. The summed E-state index contributed by atoms with van der Waals surface area (Å²) in [6, 6.07) is 0. The largest absolute Gasteiger partial charge is 0.464 e. The summed E-state index contributed by atoms with van der Waals surface area (Å²) in [6.45, 7) is 2.40. The lowest BCUT2D eigenvalue weighted by atomic mass is 10.2. The predicted molar refractivity (Wildman–Crippen MR) is 49.5 cm³/mol. The maximum absolute atomic E-state index is 11.7. The van der Waals surface area contributed by atoms with E-state index in [4.69, 9.17) is 4.74 Å². The average Bonchev–Trinajstić information content (AvgIpc) is 3.03. The molecule has 3 nitrogen and oxygen atoms in total. The zero-order valence-corrected chi connectivity index (χ0v) is 8.51. The van der Waals surface area contributed by atoms with Crippen LogP contribution in [0, 0.1) is 10.8 Å². The minimum absolute atomic E-state index is 0.0369. The van der Waals surface area contributed by atoms with Crippen LogP contribution in [0.15, 0.2) is 0 Å². The van der Waals surface area contributed by atoms with E-state index in [1.807, 2.05) is 6.92 Å². The van der Waals surface area contributed by atoms with Crippen molar-refractivity contribution in [1.29, 1.82) is 0 Å². The minimum atomic E-state index is -1.09. The van der Waals surface area contributed by atoms with Crippen molar-refractivity contribution < 1.29 is 14.6 Å². The summed E-state index contributed by atoms with van der Waals surface area (Å²) in [7, 11) is 0. The number of ether oxygens (including phenoxy) is 1. The first-order valence-electron chi connectivity index (χ1n) is 5.54. The molecule has 0 aromatic heterocycles. The number of esters is 1. The van der Waals surface area contributed by atoms with Crippen LogP contribution < -0.4 is 0 Å². The van der Waals surface area contributed by atoms with Gasteiger partial charge >= 0.3 is 5.97 Å². The van der Waals surface area contributed by atoms with Crippen molar-refractivity contribution in [3.05, 3.63) is 0 Å². The lowest BCUT2D eigenvalue weighted by molar-refractivity contribution is -0.158. The van der Waals surface area contributed by atoms with Gasteiger partial charge in [-0.1, -0.05) is 6.92 Å². The van der Waals surface area contributed by atoms with Crippen LogP contribution in [0.25, 0.3) is 0 Å². The van der Waals surface area contributed by atoms with Gasteiger partial charge in [-0.25, -0.2) is 4.79 Å². The third-order valence-corrected chi connectivity index (χ3v) is 4.47. The molecule has 0 amide bonds. The van der Waals surface area contributed by atoms with Crippen molar-refractivity contribution in [2.75, 3.05) is 6.61 Å². The molecule has 0 aromatic rings. The highest BCUT2D eigenvalue weighted by Crippen LogP contribution is 2.94. The monoisotopic (exact) mass is 196 g/mol. The summed E-state index contributed by atoms with van der Waals surface area (Å²) in [6.07, 6.45) is 4.90. The fourth-order valence-electron chi connectivity index (χ4n) is 3.44. The van der Waals surface area contributed by atoms with Crippen molar-refractivity contribution in [2.45, 2.75) is 44.6 Å². The zero-order valence-electron chi connectivity index (χ0n) is 8.51. The van der Waals surface area contributed by atoms with E-state index in [-0.39, 0.29) is 16.8 Å². The molecule has 3 aliphatic carbocycles. The summed E-state index contributed by atoms with van der Waals surface area (Å²) in [5, 5.41) is 10.3. The molecule has 0 aromatic carbocycles. The Hall–Kier alpha value is -0.570. The van der Waals surface area contributed by atoms with Crippen molar-refractivity contribution in [2.24, 2.45) is 10.8 Å². The Morgan fingerprint density at radius 2 is 1.79 bits per heavy atom. The fraction of sp³-hybridized carbons (Fsp3) is 0.909. The average molecular weight is 196 g/mol. The topological polar surface area (TPSA) is 46.5 Å². The van der Waals surface area contributed by atoms with Crippen LogP contribution in [0.3, 0.4) is 0 Å². The molecule has 78 valence electrons. The molecule has 14 heavy (non-hydrogen) atoms. The Labute approximate surface area is 83.4 Å². The van der Waals surface area contributed by atoms with E-state index in [0.29, 0.717) is 6.61 Å². The van der Waals surface area contributed by atoms with Gasteiger partial charge in [0, 0.05) is 10.8 Å². The first-order valence-corrected chi connectivity index (χ1v) is 5.54. The molecule has 0 bridgehead atoms. The SMILES string of the molecule is CCCOC(=O)C1(O)C2(CC2)C12CC2. The number of aliphatic hydroxyl groups is 1. The number of carbonyl (C=O) groups excluding carboxylic acids is 1. The molecule has 1 N–H and O–H groups in total. The maximum atomic E-state index is 11.7. The summed E-state index contributed by atoms with van der Waals surface area (Å²) in [4.78, 5) is 11.7. The molecular weight excluding hydrogens is 180 g/mol. The molecule has 2 spiro atoms. The first-order chi connectivity index (χ1) is 6.65. The minimum Gasteiger partial charge on any atom is -0.464 e. The van der Waals surface area contributed by atoms with Gasteiger partial charge in [0.05, 0.1) is 6.61 Å². The van der Waals surface area contributed by atoms with Crippen LogP contribution in [0.4, 0.5) is 0 Å². The molecule has 3 heteroatoms. The van der Waals surface area contributed by atoms with E-state index >= 15 is 0 Å². The number of hydrogen-bond acceptors (Lipinski definition) is 3. The van der Waals surface area contributed by atoms with Gasteiger partial charge in [0.1, 0.15) is 0 Å². The Balaban J connectivity index is 1.76. The molecule has 3 saturated carbocycles. The highest BCUT2D eigenvalue weighted by Gasteiger charge is 2.99. The fourth-order valence-corrected chi connectivity index (χ4v) is 3.44. The number of carbonyl (C=O) groups is 1. The molecule has 3 rings (SSSR count). The number of rotatable bonds is 3. The van der Waals surface area contributed by atoms with Crippen molar-refractivity contribution in [3.8, 4) is 0 Å². The lowest BCUT2D eigenvalue weighted by Gasteiger charge is -2.09. The second-order valence-corrected chi connectivity index (χ2v) is 5.01. The normalized spacial score (nSPS) is 38.4. The van der Waals surface area contributed by atoms with Crippen molar-refractivity contribution in [3.63, 3.8) is 0 Å². The molecule has 0 heterocycles. The predicted octanol–water partition coefficient (Wildman–Crippen LogP) is 1.24. The quantitative estimate of drug-likeness (QED) is 0.691. The van der Waals surface area contributed by atoms with E-state index in [0.717, 1.165) is 32.1 Å². The highest BCUT2D eigenvalue weighted by atomic mass is 16.6. The van der Waals surface area contributed by atoms with Crippen LogP contribution >= 0.6 is 0 Å². The lowest BCUT2D eigenvalue weighted by Crippen LogP contribution is -2.30. The highest BCUT2D eigenvalue weighted by molar-refractivity contribution is 5.90. The van der Waals surface area contributed by atoms with Gasteiger partial charge in [-0.05, 0) is 32.1 Å². The third kappa shape index (κ3) is 0.630. The summed E-state index contributed by atoms with van der Waals surface area (Å²) < 4.78 is 5.08. The molecule has 3 aliphatic rings. The Bertz CT molecular complexity index is 282. The van der Waals surface area contributed by atoms with Crippen LogP contribution in [-0.4, -0.2) is 23.3 Å². The van der Waals surface area contributed by atoms with Gasteiger partial charge in [0.25, 0.3) is 0 Å². The van der Waals surface area contributed by atoms with Crippen molar-refractivity contribution >= 4 is 5.97 Å². The van der Waals surface area contributed by atoms with E-state index in [1.54, 1.807) is 0 Å². The van der Waals surface area contributed by atoms with Gasteiger partial charge in [-0.2, -0.15) is 0 Å². The molecule has 0 unspecified atom stereocenters. The van der Waals surface area contributed by atoms with Gasteiger partial charge in [0.2, 0.25) is 0 Å². The van der Waals surface area contributed by atoms with E-state index < -0.39 is 5.60 Å². The standard InChI is InChI=1S/C11H16O3/c1-2-7-14-8(12)11(13)9(3-4-9)10(11)5-6-10/h13H,2-7H2,1H3. The van der Waals surface area contributed by atoms with Gasteiger partial charge in [-0.15, -0.1) is 0 Å². The van der Waals surface area contributed by atoms with Gasteiger partial charge in [-0.3, -0.25) is 0 Å². The summed E-state index contributed by atoms with van der Waals surface area (Å²) >= 11 is 0. The molecular formula is C11H16O3. The van der Waals surface area contributed by atoms with Crippen LogP contribution in [0.5, 0.6) is 0 Å². The molecule has 3 fully saturated rings. The van der Waals surface area contributed by atoms with Gasteiger partial charge in [0.15, 0.2) is 5.60 Å². The van der Waals surface area contributed by atoms with E-state index in [9.17, 15) is 9.90 Å². The van der Waals surface area contributed by atoms with Crippen LogP contribution in [0.1, 0.15) is 39.0 Å². The Morgan fingerprint density at radius 1 is 1.29 bits per heavy atom. The smallest absolute Gasteiger partial charge is 0.339 e. The van der Waals surface area contributed by atoms with Crippen LogP contribution in [-0.2, 0) is 9.53 Å². The first kappa shape index (κ1) is 8.72. The summed E-state index contributed by atoms with van der Waals surface area (Å²) in [5.74, 6) is -0.352. The van der Waals surface area contributed by atoms with E-state index in [1.165, 1.54) is 0 Å². The second-order valence-electron chi connectivity index (χ2n) is 5.01. The van der Waals surface area contributed by atoms with Crippen LogP contribution in [0.2, 0.25) is 0 Å². The maximum Gasteiger partial charge on any atom is 0.339 e. The van der Waals surface area contributed by atoms with Crippen molar-refractivity contribution in [1.82, 2.24) is 0 Å². The molecule has 0 aliphatic heterocycles. The molecule has 0 atom stereocenters.